The maximum atomic E-state index is 11.6. The minimum Gasteiger partial charge on any atom is -0.461 e. The molecule has 22 heavy (non-hydrogen) atoms. The van der Waals surface area contributed by atoms with Crippen molar-refractivity contribution in [1.29, 1.82) is 0 Å². The fraction of sp³-hybridized carbons (Fsp3) is 0.538. The predicted octanol–water partition coefficient (Wildman–Crippen LogP) is 1.29. The first-order valence-electron chi connectivity index (χ1n) is 6.96. The Bertz CT molecular complexity index is 820. The normalized spacial score (nSPS) is 20.8. The molecule has 3 heterocycles. The molecule has 1 aliphatic rings. The summed E-state index contributed by atoms with van der Waals surface area (Å²) in [7, 11) is 0.835. The van der Waals surface area contributed by atoms with Crippen molar-refractivity contribution in [2.75, 3.05) is 18.6 Å². The molecule has 0 spiro atoms. The zero-order valence-corrected chi connectivity index (χ0v) is 14.1. The van der Waals surface area contributed by atoms with Gasteiger partial charge >= 0.3 is 0 Å². The summed E-state index contributed by atoms with van der Waals surface area (Å²) in [5, 5.41) is 4.49. The Balaban J connectivity index is 1.82. The Labute approximate surface area is 134 Å². The highest BCUT2D eigenvalue weighted by atomic mass is 32.2. The SMILES string of the molecule is CN(Cn1nc(-c2ccco2)n(C)c1=S)C1CCS(=O)(=O)C1. The van der Waals surface area contributed by atoms with E-state index in [0.29, 0.717) is 29.4 Å². The van der Waals surface area contributed by atoms with E-state index in [-0.39, 0.29) is 17.5 Å². The van der Waals surface area contributed by atoms with Gasteiger partial charge in [-0.2, -0.15) is 0 Å². The van der Waals surface area contributed by atoms with E-state index in [9.17, 15) is 8.42 Å². The summed E-state index contributed by atoms with van der Waals surface area (Å²) in [6, 6.07) is 3.64. The molecule has 2 aromatic heterocycles. The summed E-state index contributed by atoms with van der Waals surface area (Å²) < 4.78 is 32.6. The van der Waals surface area contributed by atoms with Crippen LogP contribution in [0.25, 0.3) is 11.6 Å². The Kier molecular flexibility index (Phi) is 3.96. The summed E-state index contributed by atoms with van der Waals surface area (Å²) >= 11 is 5.40. The van der Waals surface area contributed by atoms with E-state index in [0.717, 1.165) is 0 Å². The van der Waals surface area contributed by atoms with Crippen LogP contribution < -0.4 is 0 Å². The lowest BCUT2D eigenvalue weighted by molar-refractivity contribution is 0.196. The number of aromatic nitrogens is 3. The molecular formula is C13H18N4O3S2. The molecule has 0 radical (unpaired) electrons. The molecule has 1 saturated heterocycles. The standard InChI is InChI=1S/C13H18N4O3S2/c1-15(10-5-7-22(18,19)8-10)9-17-13(21)16(2)12(14-17)11-4-3-6-20-11/h3-4,6,10H,5,7-9H2,1-2H3. The van der Waals surface area contributed by atoms with Crippen LogP contribution in [0, 0.1) is 4.77 Å². The van der Waals surface area contributed by atoms with E-state index in [1.54, 1.807) is 21.6 Å². The highest BCUT2D eigenvalue weighted by molar-refractivity contribution is 7.91. The Hall–Kier alpha value is -1.45. The van der Waals surface area contributed by atoms with Crippen molar-refractivity contribution in [2.24, 2.45) is 7.05 Å². The second-order valence-electron chi connectivity index (χ2n) is 5.60. The van der Waals surface area contributed by atoms with Crippen LogP contribution in [0.4, 0.5) is 0 Å². The molecule has 0 saturated carbocycles. The van der Waals surface area contributed by atoms with Gasteiger partial charge in [0.15, 0.2) is 26.2 Å². The molecular weight excluding hydrogens is 324 g/mol. The molecule has 1 unspecified atom stereocenters. The van der Waals surface area contributed by atoms with E-state index in [1.807, 2.05) is 25.1 Å². The summed E-state index contributed by atoms with van der Waals surface area (Å²) in [4.78, 5) is 1.99. The third kappa shape index (κ3) is 2.88. The molecule has 0 amide bonds. The summed E-state index contributed by atoms with van der Waals surface area (Å²) in [5.41, 5.74) is 0. The molecule has 120 valence electrons. The van der Waals surface area contributed by atoms with Crippen molar-refractivity contribution in [1.82, 2.24) is 19.2 Å². The average Bonchev–Trinajstić information content (AvgIpc) is 3.15. The molecule has 9 heteroatoms. The van der Waals surface area contributed by atoms with Gasteiger partial charge in [0.05, 0.1) is 24.4 Å². The molecule has 2 aromatic rings. The molecule has 0 aliphatic carbocycles. The second-order valence-corrected chi connectivity index (χ2v) is 8.19. The van der Waals surface area contributed by atoms with Gasteiger partial charge in [0.25, 0.3) is 0 Å². The van der Waals surface area contributed by atoms with Crippen LogP contribution in [0.3, 0.4) is 0 Å². The van der Waals surface area contributed by atoms with E-state index in [1.165, 1.54) is 0 Å². The molecule has 7 nitrogen and oxygen atoms in total. The van der Waals surface area contributed by atoms with Crippen LogP contribution in [-0.2, 0) is 23.6 Å². The predicted molar refractivity (Wildman–Crippen MR) is 84.6 cm³/mol. The lowest BCUT2D eigenvalue weighted by Gasteiger charge is -2.22. The van der Waals surface area contributed by atoms with Crippen LogP contribution in [-0.4, -0.2) is 52.3 Å². The van der Waals surface area contributed by atoms with Gasteiger partial charge in [-0.15, -0.1) is 5.10 Å². The summed E-state index contributed by atoms with van der Waals surface area (Å²) in [6.07, 6.45) is 2.25. The van der Waals surface area contributed by atoms with E-state index in [4.69, 9.17) is 16.6 Å². The van der Waals surface area contributed by atoms with Crippen molar-refractivity contribution in [3.05, 3.63) is 23.2 Å². The molecule has 3 rings (SSSR count). The molecule has 0 N–H and O–H groups in total. The second kappa shape index (κ2) is 5.64. The van der Waals surface area contributed by atoms with Gasteiger partial charge in [0, 0.05) is 13.1 Å². The fourth-order valence-corrected chi connectivity index (χ4v) is 4.64. The monoisotopic (exact) mass is 342 g/mol. The minimum absolute atomic E-state index is 0.0148. The first-order valence-corrected chi connectivity index (χ1v) is 9.19. The average molecular weight is 342 g/mol. The lowest BCUT2D eigenvalue weighted by Crippen LogP contribution is -2.34. The number of hydrogen-bond donors (Lipinski definition) is 0. The van der Waals surface area contributed by atoms with Gasteiger partial charge in [-0.1, -0.05) is 0 Å². The maximum Gasteiger partial charge on any atom is 0.199 e. The van der Waals surface area contributed by atoms with Gasteiger partial charge in [-0.05, 0) is 37.8 Å². The van der Waals surface area contributed by atoms with Crippen molar-refractivity contribution < 1.29 is 12.8 Å². The molecule has 0 bridgehead atoms. The van der Waals surface area contributed by atoms with Crippen molar-refractivity contribution in [3.63, 3.8) is 0 Å². The van der Waals surface area contributed by atoms with Crippen LogP contribution in [0.2, 0.25) is 0 Å². The smallest absolute Gasteiger partial charge is 0.199 e. The number of furan rings is 1. The zero-order chi connectivity index (χ0) is 15.9. The highest BCUT2D eigenvalue weighted by Crippen LogP contribution is 2.20. The highest BCUT2D eigenvalue weighted by Gasteiger charge is 2.31. The summed E-state index contributed by atoms with van der Waals surface area (Å²) in [6.45, 7) is 0.452. The Morgan fingerprint density at radius 3 is 2.91 bits per heavy atom. The van der Waals surface area contributed by atoms with Crippen molar-refractivity contribution in [2.45, 2.75) is 19.1 Å². The number of nitrogens with zero attached hydrogens (tertiary/aromatic N) is 4. The van der Waals surface area contributed by atoms with Gasteiger partial charge in [-0.3, -0.25) is 4.90 Å². The quantitative estimate of drug-likeness (QED) is 0.780. The largest absolute Gasteiger partial charge is 0.461 e. The summed E-state index contributed by atoms with van der Waals surface area (Å²) in [5.74, 6) is 1.77. The fourth-order valence-electron chi connectivity index (χ4n) is 2.65. The third-order valence-corrected chi connectivity index (χ3v) is 6.21. The van der Waals surface area contributed by atoms with Crippen LogP contribution in [0.5, 0.6) is 0 Å². The van der Waals surface area contributed by atoms with Gasteiger partial charge in [0.1, 0.15) is 0 Å². The number of sulfone groups is 1. The van der Waals surface area contributed by atoms with Gasteiger partial charge < -0.3 is 8.98 Å². The van der Waals surface area contributed by atoms with Crippen molar-refractivity contribution in [3.8, 4) is 11.6 Å². The van der Waals surface area contributed by atoms with E-state index < -0.39 is 9.84 Å². The van der Waals surface area contributed by atoms with Crippen LogP contribution in [0.15, 0.2) is 22.8 Å². The lowest BCUT2D eigenvalue weighted by atomic mass is 10.2. The van der Waals surface area contributed by atoms with E-state index >= 15 is 0 Å². The van der Waals surface area contributed by atoms with Gasteiger partial charge in [-0.25, -0.2) is 13.1 Å². The molecule has 1 fully saturated rings. The van der Waals surface area contributed by atoms with Crippen molar-refractivity contribution >= 4 is 22.1 Å². The molecule has 0 aromatic carbocycles. The minimum atomic E-state index is -2.90. The van der Waals surface area contributed by atoms with E-state index in [2.05, 4.69) is 5.10 Å². The Morgan fingerprint density at radius 1 is 1.55 bits per heavy atom. The zero-order valence-electron chi connectivity index (χ0n) is 12.5. The number of rotatable bonds is 4. The first kappa shape index (κ1) is 15.4. The third-order valence-electron chi connectivity index (χ3n) is 3.97. The van der Waals surface area contributed by atoms with Crippen LogP contribution >= 0.6 is 12.2 Å². The van der Waals surface area contributed by atoms with Crippen LogP contribution in [0.1, 0.15) is 6.42 Å². The topological polar surface area (TPSA) is 73.3 Å². The molecule has 1 aliphatic heterocycles. The maximum absolute atomic E-state index is 11.6. The first-order chi connectivity index (χ1) is 10.4. The van der Waals surface area contributed by atoms with Gasteiger partial charge in [0.2, 0.25) is 0 Å². The number of hydrogen-bond acceptors (Lipinski definition) is 6. The Morgan fingerprint density at radius 2 is 2.32 bits per heavy atom. The molecule has 1 atom stereocenters.